The topological polar surface area (TPSA) is 76.8 Å². The summed E-state index contributed by atoms with van der Waals surface area (Å²) in [4.78, 5) is 38.7. The van der Waals surface area contributed by atoms with Crippen molar-refractivity contribution in [1.29, 1.82) is 0 Å². The molecule has 1 aliphatic heterocycles. The van der Waals surface area contributed by atoms with Gasteiger partial charge in [-0.25, -0.2) is 4.79 Å². The predicted molar refractivity (Wildman–Crippen MR) is 128 cm³/mol. The van der Waals surface area contributed by atoms with Crippen LogP contribution in [0.25, 0.3) is 17.4 Å². The number of thioether (sulfide) groups is 1. The molecule has 33 heavy (non-hydrogen) atoms. The van der Waals surface area contributed by atoms with Crippen LogP contribution in [0.5, 0.6) is 0 Å². The minimum Gasteiger partial charge on any atom is -0.462 e. The average Bonchev–Trinajstić information content (AvgIpc) is 3.36. The molecular weight excluding hydrogens is 485 g/mol. The zero-order chi connectivity index (χ0) is 23.5. The van der Waals surface area contributed by atoms with Crippen LogP contribution in [0.4, 0.5) is 4.79 Å². The van der Waals surface area contributed by atoms with Gasteiger partial charge in [0.2, 0.25) is 0 Å². The van der Waals surface area contributed by atoms with E-state index in [2.05, 4.69) is 0 Å². The van der Waals surface area contributed by atoms with Gasteiger partial charge in [-0.2, -0.15) is 0 Å². The Hall–Kier alpha value is -3.00. The summed E-state index contributed by atoms with van der Waals surface area (Å²) >= 11 is 13.1. The molecule has 0 radical (unpaired) electrons. The van der Waals surface area contributed by atoms with Crippen LogP contribution in [0.2, 0.25) is 10.0 Å². The van der Waals surface area contributed by atoms with E-state index in [0.717, 1.165) is 16.7 Å². The molecule has 0 atom stereocenters. The van der Waals surface area contributed by atoms with Gasteiger partial charge in [-0.15, -0.1) is 0 Å². The van der Waals surface area contributed by atoms with Crippen molar-refractivity contribution in [3.63, 3.8) is 0 Å². The van der Waals surface area contributed by atoms with Crippen molar-refractivity contribution < 1.29 is 23.5 Å². The van der Waals surface area contributed by atoms with E-state index in [-0.39, 0.29) is 33.9 Å². The molecule has 0 unspecified atom stereocenters. The molecule has 1 aromatic heterocycles. The molecule has 2 amide bonds. The van der Waals surface area contributed by atoms with Crippen molar-refractivity contribution in [2.24, 2.45) is 0 Å². The van der Waals surface area contributed by atoms with Crippen molar-refractivity contribution in [3.8, 4) is 11.3 Å². The summed E-state index contributed by atoms with van der Waals surface area (Å²) in [6.45, 7) is 2.03. The van der Waals surface area contributed by atoms with Crippen molar-refractivity contribution in [2.45, 2.75) is 13.5 Å². The average molecular weight is 502 g/mol. The zero-order valence-corrected chi connectivity index (χ0v) is 19.7. The Kier molecular flexibility index (Phi) is 6.93. The highest BCUT2D eigenvalue weighted by atomic mass is 35.5. The van der Waals surface area contributed by atoms with Crippen molar-refractivity contribution in [3.05, 3.63) is 86.4 Å². The Bertz CT molecular complexity index is 1280. The first kappa shape index (κ1) is 23.2. The normalized spacial score (nSPS) is 14.9. The lowest BCUT2D eigenvalue weighted by molar-refractivity contribution is -0.123. The molecule has 6 nitrogen and oxygen atoms in total. The van der Waals surface area contributed by atoms with Crippen LogP contribution in [0.15, 0.2) is 63.9 Å². The lowest BCUT2D eigenvalue weighted by atomic mass is 10.1. The van der Waals surface area contributed by atoms with Gasteiger partial charge < -0.3 is 9.15 Å². The Balaban J connectivity index is 1.55. The second-order valence-electron chi connectivity index (χ2n) is 6.98. The Labute approximate surface area is 204 Å². The number of hydrogen-bond acceptors (Lipinski definition) is 6. The highest BCUT2D eigenvalue weighted by Crippen LogP contribution is 2.35. The number of halogens is 2. The number of ether oxygens (including phenoxy) is 1. The number of rotatable bonds is 6. The number of carbonyl (C=O) groups is 3. The first-order valence-corrected chi connectivity index (χ1v) is 11.5. The fraction of sp³-hybridized carbons (Fsp3) is 0.125. The maximum atomic E-state index is 12.8. The third kappa shape index (κ3) is 5.00. The molecule has 4 rings (SSSR count). The van der Waals surface area contributed by atoms with E-state index in [1.54, 1.807) is 61.5 Å². The Morgan fingerprint density at radius 2 is 1.88 bits per heavy atom. The molecule has 2 heterocycles. The number of imide groups is 1. The maximum absolute atomic E-state index is 12.8. The standard InChI is InChI=1S/C24H17Cl2NO5S/c1-2-31-23(29)17-11-14(7-9-19(17)26)20-10-8-16(32-20)12-21-22(28)27(24(30)33-21)13-15-5-3-4-6-18(15)25/h3-12H,2,13H2,1H3/b21-12-. The highest BCUT2D eigenvalue weighted by molar-refractivity contribution is 8.18. The van der Waals surface area contributed by atoms with Crippen LogP contribution in [0, 0.1) is 0 Å². The molecule has 1 aliphatic rings. The SMILES string of the molecule is CCOC(=O)c1cc(-c2ccc(/C=C3\SC(=O)N(Cc4ccccc4Cl)C3=O)o2)ccc1Cl. The largest absolute Gasteiger partial charge is 0.462 e. The number of hydrogen-bond donors (Lipinski definition) is 0. The molecule has 2 aromatic carbocycles. The van der Waals surface area contributed by atoms with Crippen LogP contribution in [0.3, 0.4) is 0 Å². The quantitative estimate of drug-likeness (QED) is 0.277. The number of benzene rings is 2. The van der Waals surface area contributed by atoms with Gasteiger partial charge in [-0.3, -0.25) is 14.5 Å². The molecule has 0 N–H and O–H groups in total. The van der Waals surface area contributed by atoms with Gasteiger partial charge in [0.15, 0.2) is 0 Å². The Morgan fingerprint density at radius 3 is 2.64 bits per heavy atom. The zero-order valence-electron chi connectivity index (χ0n) is 17.3. The molecule has 1 saturated heterocycles. The second-order valence-corrected chi connectivity index (χ2v) is 8.78. The van der Waals surface area contributed by atoms with E-state index < -0.39 is 11.9 Å². The molecule has 3 aromatic rings. The first-order valence-electron chi connectivity index (χ1n) is 9.93. The van der Waals surface area contributed by atoms with Crippen LogP contribution in [-0.2, 0) is 16.1 Å². The van der Waals surface area contributed by atoms with Gasteiger partial charge >= 0.3 is 5.97 Å². The summed E-state index contributed by atoms with van der Waals surface area (Å²) in [7, 11) is 0. The van der Waals surface area contributed by atoms with Crippen molar-refractivity contribution in [1.82, 2.24) is 4.90 Å². The predicted octanol–water partition coefficient (Wildman–Crippen LogP) is 6.67. The van der Waals surface area contributed by atoms with Crippen LogP contribution in [0.1, 0.15) is 28.6 Å². The van der Waals surface area contributed by atoms with Crippen LogP contribution < -0.4 is 0 Å². The van der Waals surface area contributed by atoms with Gasteiger partial charge in [0.25, 0.3) is 11.1 Å². The number of nitrogens with zero attached hydrogens (tertiary/aromatic N) is 1. The number of furan rings is 1. The number of amides is 2. The van der Waals surface area contributed by atoms with Gasteiger partial charge in [0.05, 0.1) is 28.6 Å². The van der Waals surface area contributed by atoms with Crippen molar-refractivity contribution in [2.75, 3.05) is 6.61 Å². The third-order valence-corrected chi connectivity index (χ3v) is 6.41. The third-order valence-electron chi connectivity index (χ3n) is 4.81. The highest BCUT2D eigenvalue weighted by Gasteiger charge is 2.35. The van der Waals surface area contributed by atoms with E-state index in [0.29, 0.717) is 27.7 Å². The van der Waals surface area contributed by atoms with Gasteiger partial charge in [-0.1, -0.05) is 41.4 Å². The van der Waals surface area contributed by atoms with Crippen LogP contribution >= 0.6 is 35.0 Å². The fourth-order valence-electron chi connectivity index (χ4n) is 3.19. The fourth-order valence-corrected chi connectivity index (χ4v) is 4.40. The smallest absolute Gasteiger partial charge is 0.339 e. The van der Waals surface area contributed by atoms with Gasteiger partial charge in [0.1, 0.15) is 11.5 Å². The molecule has 1 fully saturated rings. The van der Waals surface area contributed by atoms with E-state index in [4.69, 9.17) is 32.4 Å². The monoisotopic (exact) mass is 501 g/mol. The van der Waals surface area contributed by atoms with E-state index >= 15 is 0 Å². The molecule has 168 valence electrons. The summed E-state index contributed by atoms with van der Waals surface area (Å²) in [6.07, 6.45) is 1.52. The van der Waals surface area contributed by atoms with Gasteiger partial charge in [0, 0.05) is 16.7 Å². The summed E-state index contributed by atoms with van der Waals surface area (Å²) in [5.74, 6) is -0.0816. The molecule has 0 aliphatic carbocycles. The molecular formula is C24H17Cl2NO5S. The summed E-state index contributed by atoms with van der Waals surface area (Å²) in [5, 5.41) is 0.382. The minimum absolute atomic E-state index is 0.0898. The maximum Gasteiger partial charge on any atom is 0.339 e. The van der Waals surface area contributed by atoms with E-state index in [1.807, 2.05) is 0 Å². The molecule has 9 heteroatoms. The second kappa shape index (κ2) is 9.87. The molecule has 0 spiro atoms. The number of esters is 1. The first-order chi connectivity index (χ1) is 15.9. The lowest BCUT2D eigenvalue weighted by Crippen LogP contribution is -2.27. The summed E-state index contributed by atoms with van der Waals surface area (Å²) < 4.78 is 10.9. The summed E-state index contributed by atoms with van der Waals surface area (Å²) in [6, 6.07) is 15.3. The van der Waals surface area contributed by atoms with Gasteiger partial charge in [-0.05, 0) is 60.6 Å². The van der Waals surface area contributed by atoms with E-state index in [9.17, 15) is 14.4 Å². The molecule has 0 bridgehead atoms. The minimum atomic E-state index is -0.525. The van der Waals surface area contributed by atoms with Crippen molar-refractivity contribution >= 4 is 58.2 Å². The number of carbonyl (C=O) groups excluding carboxylic acids is 3. The lowest BCUT2D eigenvalue weighted by Gasteiger charge is -2.13. The van der Waals surface area contributed by atoms with Crippen LogP contribution in [-0.4, -0.2) is 28.6 Å². The Morgan fingerprint density at radius 1 is 1.09 bits per heavy atom. The summed E-state index contributed by atoms with van der Waals surface area (Å²) in [5.41, 5.74) is 1.53. The van der Waals surface area contributed by atoms with E-state index in [1.165, 1.54) is 6.08 Å². The molecule has 0 saturated carbocycles.